The van der Waals surface area contributed by atoms with Gasteiger partial charge in [0.1, 0.15) is 0 Å². The van der Waals surface area contributed by atoms with Gasteiger partial charge in [-0.3, -0.25) is 14.7 Å². The quantitative estimate of drug-likeness (QED) is 0.913. The maximum absolute atomic E-state index is 13.6. The van der Waals surface area contributed by atoms with Crippen LogP contribution in [0.25, 0.3) is 0 Å². The maximum atomic E-state index is 13.6. The number of amides is 1. The van der Waals surface area contributed by atoms with Gasteiger partial charge in [0.2, 0.25) is 11.8 Å². The smallest absolute Gasteiger partial charge is 0.238 e. The molecule has 1 aliphatic rings. The van der Waals surface area contributed by atoms with E-state index < -0.39 is 5.82 Å². The molecular formula is C16H17FN4O2. The summed E-state index contributed by atoms with van der Waals surface area (Å²) >= 11 is 0. The maximum Gasteiger partial charge on any atom is 0.238 e. The third-order valence-electron chi connectivity index (χ3n) is 3.75. The summed E-state index contributed by atoms with van der Waals surface area (Å²) in [5.74, 6) is -0.516. The molecule has 23 heavy (non-hydrogen) atoms. The Balaban J connectivity index is 1.80. The molecule has 2 aromatic rings. The molecule has 0 aliphatic carbocycles. The van der Waals surface area contributed by atoms with E-state index in [9.17, 15) is 9.18 Å². The van der Waals surface area contributed by atoms with Crippen molar-refractivity contribution < 1.29 is 13.9 Å². The Labute approximate surface area is 133 Å². The number of ether oxygens (including phenoxy) is 1. The van der Waals surface area contributed by atoms with Gasteiger partial charge < -0.3 is 10.5 Å². The number of para-hydroxylation sites is 1. The first kappa shape index (κ1) is 15.4. The Kier molecular flexibility index (Phi) is 4.47. The van der Waals surface area contributed by atoms with Crippen LogP contribution in [-0.4, -0.2) is 33.9 Å². The van der Waals surface area contributed by atoms with Crippen molar-refractivity contribution in [3.63, 3.8) is 0 Å². The van der Waals surface area contributed by atoms with Crippen LogP contribution in [0.1, 0.15) is 24.6 Å². The van der Waals surface area contributed by atoms with Crippen LogP contribution in [0.3, 0.4) is 0 Å². The Hall–Kier alpha value is -2.54. The van der Waals surface area contributed by atoms with Crippen molar-refractivity contribution >= 4 is 5.91 Å². The number of rotatable bonds is 5. The molecule has 2 heterocycles. The molecule has 0 bridgehead atoms. The molecule has 1 aromatic carbocycles. The van der Waals surface area contributed by atoms with E-state index in [0.29, 0.717) is 5.69 Å². The Bertz CT molecular complexity index is 710. The number of aromatic nitrogens is 2. The van der Waals surface area contributed by atoms with E-state index in [1.54, 1.807) is 18.3 Å². The number of hydrogen-bond donors (Lipinski definition) is 1. The van der Waals surface area contributed by atoms with E-state index in [0.717, 1.165) is 19.4 Å². The van der Waals surface area contributed by atoms with Gasteiger partial charge in [-0.05, 0) is 31.5 Å². The lowest BCUT2D eigenvalue weighted by molar-refractivity contribution is -0.119. The van der Waals surface area contributed by atoms with Crippen LogP contribution < -0.4 is 10.5 Å². The Morgan fingerprint density at radius 1 is 1.39 bits per heavy atom. The Morgan fingerprint density at radius 2 is 2.22 bits per heavy atom. The number of likely N-dealkylation sites (tertiary alicyclic amines) is 1. The summed E-state index contributed by atoms with van der Waals surface area (Å²) < 4.78 is 19.1. The van der Waals surface area contributed by atoms with Crippen molar-refractivity contribution in [1.29, 1.82) is 0 Å². The molecule has 0 unspecified atom stereocenters. The summed E-state index contributed by atoms with van der Waals surface area (Å²) in [6, 6.07) is 6.09. The highest BCUT2D eigenvalue weighted by Crippen LogP contribution is 2.31. The van der Waals surface area contributed by atoms with Crippen LogP contribution in [0.4, 0.5) is 4.39 Å². The molecule has 120 valence electrons. The van der Waals surface area contributed by atoms with Crippen molar-refractivity contribution in [3.05, 3.63) is 48.2 Å². The molecule has 6 nitrogen and oxygen atoms in total. The zero-order valence-electron chi connectivity index (χ0n) is 12.5. The molecule has 2 N–H and O–H groups in total. The number of hydrogen-bond acceptors (Lipinski definition) is 5. The highest BCUT2D eigenvalue weighted by Gasteiger charge is 2.28. The minimum atomic E-state index is -0.462. The van der Waals surface area contributed by atoms with Crippen LogP contribution >= 0.6 is 0 Å². The van der Waals surface area contributed by atoms with Crippen molar-refractivity contribution in [2.24, 2.45) is 5.73 Å². The monoisotopic (exact) mass is 316 g/mol. The van der Waals surface area contributed by atoms with Gasteiger partial charge in [-0.15, -0.1) is 0 Å². The van der Waals surface area contributed by atoms with Crippen molar-refractivity contribution in [2.75, 3.05) is 13.1 Å². The summed E-state index contributed by atoms with van der Waals surface area (Å²) in [5, 5.41) is 0. The molecule has 0 saturated carbocycles. The third kappa shape index (κ3) is 3.62. The summed E-state index contributed by atoms with van der Waals surface area (Å²) in [6.45, 7) is 0.971. The van der Waals surface area contributed by atoms with Gasteiger partial charge in [0.15, 0.2) is 11.6 Å². The zero-order valence-corrected chi connectivity index (χ0v) is 12.5. The largest absolute Gasteiger partial charge is 0.434 e. The van der Waals surface area contributed by atoms with E-state index in [4.69, 9.17) is 10.5 Å². The van der Waals surface area contributed by atoms with Crippen molar-refractivity contribution in [3.8, 4) is 11.6 Å². The van der Waals surface area contributed by atoms with Gasteiger partial charge in [-0.1, -0.05) is 12.1 Å². The van der Waals surface area contributed by atoms with Gasteiger partial charge in [0.25, 0.3) is 0 Å². The van der Waals surface area contributed by atoms with Crippen LogP contribution in [0.15, 0.2) is 36.7 Å². The number of halogens is 1. The fourth-order valence-electron chi connectivity index (χ4n) is 2.76. The average Bonchev–Trinajstić information content (AvgIpc) is 2.97. The molecule has 0 radical (unpaired) electrons. The van der Waals surface area contributed by atoms with Crippen LogP contribution in [0.5, 0.6) is 11.6 Å². The molecule has 1 aliphatic heterocycles. The second-order valence-corrected chi connectivity index (χ2v) is 5.41. The average molecular weight is 316 g/mol. The van der Waals surface area contributed by atoms with E-state index in [1.165, 1.54) is 18.3 Å². The van der Waals surface area contributed by atoms with Gasteiger partial charge in [-0.25, -0.2) is 9.37 Å². The fraction of sp³-hybridized carbons (Fsp3) is 0.312. The summed E-state index contributed by atoms with van der Waals surface area (Å²) in [5.41, 5.74) is 5.97. The van der Waals surface area contributed by atoms with Gasteiger partial charge in [0.05, 0.1) is 30.7 Å². The first-order chi connectivity index (χ1) is 11.1. The Morgan fingerprint density at radius 3 is 3.00 bits per heavy atom. The number of benzene rings is 1. The second kappa shape index (κ2) is 6.70. The molecule has 1 saturated heterocycles. The molecule has 1 amide bonds. The number of nitrogens with zero attached hydrogens (tertiary/aromatic N) is 3. The van der Waals surface area contributed by atoms with Gasteiger partial charge >= 0.3 is 0 Å². The molecule has 1 fully saturated rings. The highest BCUT2D eigenvalue weighted by atomic mass is 19.1. The molecule has 0 spiro atoms. The topological polar surface area (TPSA) is 81.3 Å². The van der Waals surface area contributed by atoms with E-state index >= 15 is 0 Å². The SMILES string of the molecule is NC(=O)CN1CCC[C@@H]1c1cncc(Oc2ccccc2F)n1. The van der Waals surface area contributed by atoms with E-state index in [1.807, 2.05) is 4.90 Å². The summed E-state index contributed by atoms with van der Waals surface area (Å²) in [7, 11) is 0. The minimum absolute atomic E-state index is 0.0285. The summed E-state index contributed by atoms with van der Waals surface area (Å²) in [6.07, 6.45) is 4.89. The normalized spacial score (nSPS) is 18.0. The van der Waals surface area contributed by atoms with Crippen LogP contribution in [0.2, 0.25) is 0 Å². The standard InChI is InChI=1S/C16H17FN4O2/c17-11-4-1-2-6-14(11)23-16-9-19-8-12(20-16)13-5-3-7-21(13)10-15(18)22/h1-2,4,6,8-9,13H,3,5,7,10H2,(H2,18,22)/t13-/m1/s1. The van der Waals surface area contributed by atoms with Crippen LogP contribution in [0, 0.1) is 5.82 Å². The fourth-order valence-corrected chi connectivity index (χ4v) is 2.76. The zero-order chi connectivity index (χ0) is 16.2. The second-order valence-electron chi connectivity index (χ2n) is 5.41. The molecule has 1 aromatic heterocycles. The first-order valence-corrected chi connectivity index (χ1v) is 7.40. The van der Waals surface area contributed by atoms with Crippen molar-refractivity contribution in [2.45, 2.75) is 18.9 Å². The number of primary amides is 1. The lowest BCUT2D eigenvalue weighted by Crippen LogP contribution is -2.33. The van der Waals surface area contributed by atoms with Gasteiger partial charge in [0, 0.05) is 0 Å². The van der Waals surface area contributed by atoms with Crippen LogP contribution in [-0.2, 0) is 4.79 Å². The van der Waals surface area contributed by atoms with Gasteiger partial charge in [-0.2, -0.15) is 0 Å². The molecule has 3 rings (SSSR count). The lowest BCUT2D eigenvalue weighted by Gasteiger charge is -2.22. The third-order valence-corrected chi connectivity index (χ3v) is 3.75. The first-order valence-electron chi connectivity index (χ1n) is 7.40. The van der Waals surface area contributed by atoms with E-state index in [2.05, 4.69) is 9.97 Å². The number of nitrogens with two attached hydrogens (primary N) is 1. The van der Waals surface area contributed by atoms with Crippen molar-refractivity contribution in [1.82, 2.24) is 14.9 Å². The number of carbonyl (C=O) groups is 1. The predicted octanol–water partition coefficient (Wildman–Crippen LogP) is 2.03. The lowest BCUT2D eigenvalue weighted by atomic mass is 10.1. The molecular weight excluding hydrogens is 299 g/mol. The molecule has 1 atom stereocenters. The number of carbonyl (C=O) groups excluding carboxylic acids is 1. The van der Waals surface area contributed by atoms with E-state index in [-0.39, 0.29) is 30.1 Å². The highest BCUT2D eigenvalue weighted by molar-refractivity contribution is 5.76. The summed E-state index contributed by atoms with van der Waals surface area (Å²) in [4.78, 5) is 21.6. The minimum Gasteiger partial charge on any atom is -0.434 e. The molecule has 7 heteroatoms. The predicted molar refractivity (Wildman–Crippen MR) is 81.2 cm³/mol.